The summed E-state index contributed by atoms with van der Waals surface area (Å²) < 4.78 is 15.2. The van der Waals surface area contributed by atoms with Gasteiger partial charge in [-0.25, -0.2) is 9.37 Å². The molecule has 142 valence electrons. The summed E-state index contributed by atoms with van der Waals surface area (Å²) in [4.78, 5) is 31.9. The summed E-state index contributed by atoms with van der Waals surface area (Å²) in [6.45, 7) is 2.15. The minimum Gasteiger partial charge on any atom is -0.336 e. The minimum atomic E-state index is -0.549. The van der Waals surface area contributed by atoms with Crippen LogP contribution in [0.5, 0.6) is 0 Å². The number of rotatable bonds is 3. The van der Waals surface area contributed by atoms with Crippen molar-refractivity contribution in [3.63, 3.8) is 0 Å². The monoisotopic (exact) mass is 390 g/mol. The van der Waals surface area contributed by atoms with Crippen LogP contribution in [0.3, 0.4) is 0 Å². The Morgan fingerprint density at radius 3 is 2.59 bits per heavy atom. The standard InChI is InChI=1S/C19H20ClFN4O2/c20-13-11-12(6-7-14(13)21)22-18(26)16-15-5-1-2-10-25(15)17(23-16)19(27)24-8-3-4-9-24/h6-7,11H,1-5,8-10H2,(H,22,26). The van der Waals surface area contributed by atoms with E-state index in [2.05, 4.69) is 10.3 Å². The number of anilines is 1. The minimum absolute atomic E-state index is 0.0652. The predicted molar refractivity (Wildman–Crippen MR) is 99.7 cm³/mol. The first kappa shape index (κ1) is 18.0. The highest BCUT2D eigenvalue weighted by molar-refractivity contribution is 6.31. The lowest BCUT2D eigenvalue weighted by Crippen LogP contribution is -2.31. The molecule has 0 aliphatic carbocycles. The molecule has 0 radical (unpaired) electrons. The first-order valence-corrected chi connectivity index (χ1v) is 9.57. The van der Waals surface area contributed by atoms with E-state index in [-0.39, 0.29) is 16.6 Å². The van der Waals surface area contributed by atoms with Crippen molar-refractivity contribution in [3.05, 3.63) is 46.3 Å². The zero-order valence-corrected chi connectivity index (χ0v) is 15.6. The average Bonchev–Trinajstić information content (AvgIpc) is 3.32. The van der Waals surface area contributed by atoms with Crippen LogP contribution in [-0.2, 0) is 13.0 Å². The summed E-state index contributed by atoms with van der Waals surface area (Å²) in [6, 6.07) is 3.99. The molecule has 1 fully saturated rings. The van der Waals surface area contributed by atoms with E-state index >= 15 is 0 Å². The summed E-state index contributed by atoms with van der Waals surface area (Å²) in [5.41, 5.74) is 1.43. The molecule has 0 unspecified atom stereocenters. The van der Waals surface area contributed by atoms with Gasteiger partial charge in [0.05, 0.1) is 10.7 Å². The number of aromatic nitrogens is 2. The molecule has 1 aromatic heterocycles. The number of fused-ring (bicyclic) bond motifs is 1. The van der Waals surface area contributed by atoms with Crippen LogP contribution < -0.4 is 5.32 Å². The van der Waals surface area contributed by atoms with Gasteiger partial charge in [-0.05, 0) is 50.3 Å². The largest absolute Gasteiger partial charge is 0.336 e. The molecular weight excluding hydrogens is 371 g/mol. The summed E-state index contributed by atoms with van der Waals surface area (Å²) in [6.07, 6.45) is 4.60. The normalized spacial score (nSPS) is 16.3. The van der Waals surface area contributed by atoms with Gasteiger partial charge < -0.3 is 14.8 Å². The molecule has 2 aromatic rings. The number of nitrogens with one attached hydrogen (secondary N) is 1. The van der Waals surface area contributed by atoms with Crippen molar-refractivity contribution >= 4 is 29.1 Å². The van der Waals surface area contributed by atoms with Crippen LogP contribution in [0.15, 0.2) is 18.2 Å². The lowest BCUT2D eigenvalue weighted by atomic mass is 10.1. The first-order chi connectivity index (χ1) is 13.0. The average molecular weight is 391 g/mol. The Morgan fingerprint density at radius 2 is 1.85 bits per heavy atom. The summed E-state index contributed by atoms with van der Waals surface area (Å²) in [7, 11) is 0. The van der Waals surface area contributed by atoms with E-state index in [1.165, 1.54) is 18.2 Å². The highest BCUT2D eigenvalue weighted by atomic mass is 35.5. The van der Waals surface area contributed by atoms with Gasteiger partial charge in [-0.2, -0.15) is 0 Å². The lowest BCUT2D eigenvalue weighted by Gasteiger charge is -2.19. The highest BCUT2D eigenvalue weighted by Gasteiger charge is 2.30. The van der Waals surface area contributed by atoms with Crippen LogP contribution in [0.25, 0.3) is 0 Å². The molecule has 2 aliphatic heterocycles. The number of carbonyl (C=O) groups excluding carboxylic acids is 2. The first-order valence-electron chi connectivity index (χ1n) is 9.19. The van der Waals surface area contributed by atoms with Gasteiger partial charge in [-0.1, -0.05) is 11.6 Å². The van der Waals surface area contributed by atoms with Crippen LogP contribution in [-0.4, -0.2) is 39.4 Å². The predicted octanol–water partition coefficient (Wildman–Crippen LogP) is 3.50. The fourth-order valence-electron chi connectivity index (χ4n) is 3.71. The van der Waals surface area contributed by atoms with E-state index in [4.69, 9.17) is 11.6 Å². The van der Waals surface area contributed by atoms with Gasteiger partial charge in [0.1, 0.15) is 5.82 Å². The Morgan fingerprint density at radius 1 is 1.11 bits per heavy atom. The molecule has 2 amide bonds. The van der Waals surface area contributed by atoms with Gasteiger partial charge in [0.15, 0.2) is 11.5 Å². The van der Waals surface area contributed by atoms with Crippen LogP contribution in [0.1, 0.15) is 52.5 Å². The van der Waals surface area contributed by atoms with Crippen molar-refractivity contribution < 1.29 is 14.0 Å². The van der Waals surface area contributed by atoms with Gasteiger partial charge in [0.25, 0.3) is 11.8 Å². The van der Waals surface area contributed by atoms with E-state index in [1.807, 2.05) is 4.57 Å². The number of halogens is 2. The summed E-state index contributed by atoms with van der Waals surface area (Å²) >= 11 is 5.78. The van der Waals surface area contributed by atoms with Crippen LogP contribution >= 0.6 is 11.6 Å². The third-order valence-corrected chi connectivity index (χ3v) is 5.38. The van der Waals surface area contributed by atoms with Crippen LogP contribution in [0.2, 0.25) is 5.02 Å². The fraction of sp³-hybridized carbons (Fsp3) is 0.421. The van der Waals surface area contributed by atoms with Gasteiger partial charge in [0, 0.05) is 25.3 Å². The number of benzene rings is 1. The fourth-order valence-corrected chi connectivity index (χ4v) is 3.89. The lowest BCUT2D eigenvalue weighted by molar-refractivity contribution is 0.0774. The summed E-state index contributed by atoms with van der Waals surface area (Å²) in [5, 5.41) is 2.64. The molecule has 3 heterocycles. The van der Waals surface area contributed by atoms with E-state index in [0.717, 1.165) is 44.5 Å². The second-order valence-corrected chi connectivity index (χ2v) is 7.33. The number of amides is 2. The molecule has 6 nitrogen and oxygen atoms in total. The van der Waals surface area contributed by atoms with Gasteiger partial charge in [-0.15, -0.1) is 0 Å². The molecule has 1 saturated heterocycles. The maximum atomic E-state index is 13.3. The number of imidazole rings is 1. The SMILES string of the molecule is O=C(Nc1ccc(F)c(Cl)c1)c1nc(C(=O)N2CCCC2)n2c1CCCC2. The third-order valence-electron chi connectivity index (χ3n) is 5.09. The van der Waals surface area contributed by atoms with Crippen molar-refractivity contribution in [2.75, 3.05) is 18.4 Å². The Kier molecular flexibility index (Phi) is 4.86. The smallest absolute Gasteiger partial charge is 0.289 e. The van der Waals surface area contributed by atoms with E-state index in [9.17, 15) is 14.0 Å². The number of hydrogen-bond acceptors (Lipinski definition) is 3. The van der Waals surface area contributed by atoms with E-state index in [1.54, 1.807) is 4.90 Å². The molecule has 0 bridgehead atoms. The Bertz CT molecular complexity index is 905. The molecule has 4 rings (SSSR count). The van der Waals surface area contributed by atoms with E-state index in [0.29, 0.717) is 24.5 Å². The van der Waals surface area contributed by atoms with Crippen molar-refractivity contribution in [2.45, 2.75) is 38.6 Å². The number of carbonyl (C=O) groups is 2. The van der Waals surface area contributed by atoms with E-state index < -0.39 is 11.7 Å². The maximum absolute atomic E-state index is 13.3. The Labute approximate surface area is 161 Å². The zero-order chi connectivity index (χ0) is 19.0. The molecule has 1 N–H and O–H groups in total. The Hall–Kier alpha value is -2.41. The quantitative estimate of drug-likeness (QED) is 0.872. The van der Waals surface area contributed by atoms with Gasteiger partial charge in [0.2, 0.25) is 0 Å². The topological polar surface area (TPSA) is 67.2 Å². The molecule has 0 spiro atoms. The molecule has 2 aliphatic rings. The summed E-state index contributed by atoms with van der Waals surface area (Å²) in [5.74, 6) is -0.732. The van der Waals surface area contributed by atoms with Crippen molar-refractivity contribution in [1.82, 2.24) is 14.5 Å². The second-order valence-electron chi connectivity index (χ2n) is 6.92. The van der Waals surface area contributed by atoms with Crippen molar-refractivity contribution in [1.29, 1.82) is 0 Å². The van der Waals surface area contributed by atoms with Gasteiger partial charge >= 0.3 is 0 Å². The maximum Gasteiger partial charge on any atom is 0.289 e. The number of hydrogen-bond donors (Lipinski definition) is 1. The van der Waals surface area contributed by atoms with Crippen LogP contribution in [0.4, 0.5) is 10.1 Å². The molecule has 0 atom stereocenters. The highest BCUT2D eigenvalue weighted by Crippen LogP contribution is 2.25. The third kappa shape index (κ3) is 3.43. The second kappa shape index (κ2) is 7.31. The Balaban J connectivity index is 1.64. The zero-order valence-electron chi connectivity index (χ0n) is 14.8. The van der Waals surface area contributed by atoms with Crippen LogP contribution in [0, 0.1) is 5.82 Å². The molecular formula is C19H20ClFN4O2. The van der Waals surface area contributed by atoms with Crippen molar-refractivity contribution in [3.8, 4) is 0 Å². The molecule has 0 saturated carbocycles. The molecule has 27 heavy (non-hydrogen) atoms. The number of likely N-dealkylation sites (tertiary alicyclic amines) is 1. The number of nitrogens with zero attached hydrogens (tertiary/aromatic N) is 3. The van der Waals surface area contributed by atoms with Crippen molar-refractivity contribution in [2.24, 2.45) is 0 Å². The van der Waals surface area contributed by atoms with Gasteiger partial charge in [-0.3, -0.25) is 9.59 Å². The molecule has 1 aromatic carbocycles. The molecule has 8 heteroatoms.